The maximum Gasteiger partial charge on any atom is 0.254 e. The van der Waals surface area contributed by atoms with Crippen LogP contribution in [0.5, 0.6) is 0 Å². The number of amides is 2. The number of nitrogens with zero attached hydrogens (tertiary/aromatic N) is 5. The summed E-state index contributed by atoms with van der Waals surface area (Å²) < 4.78 is 2.09. The molecule has 206 valence electrons. The number of aromatic nitrogens is 3. The van der Waals surface area contributed by atoms with Crippen LogP contribution in [0.4, 0.5) is 0 Å². The Kier molecular flexibility index (Phi) is 8.87. The van der Waals surface area contributed by atoms with E-state index in [0.29, 0.717) is 36.6 Å². The number of halogens is 1. The van der Waals surface area contributed by atoms with Gasteiger partial charge >= 0.3 is 0 Å². The molecule has 0 N–H and O–H groups in total. The first-order valence-corrected chi connectivity index (χ1v) is 14.8. The van der Waals surface area contributed by atoms with Crippen LogP contribution in [0.25, 0.3) is 17.1 Å². The summed E-state index contributed by atoms with van der Waals surface area (Å²) in [5.41, 5.74) is 3.75. The Morgan fingerprint density at radius 2 is 1.77 bits per heavy atom. The molecule has 1 unspecified atom stereocenters. The first kappa shape index (κ1) is 27.9. The molecule has 1 atom stereocenters. The number of benzene rings is 3. The monoisotopic (exact) mass is 573 g/mol. The van der Waals surface area contributed by atoms with Crippen LogP contribution in [0, 0.1) is 6.92 Å². The van der Waals surface area contributed by atoms with Crippen LogP contribution >= 0.6 is 23.4 Å². The molecule has 1 fully saturated rings. The lowest BCUT2D eigenvalue weighted by molar-refractivity contribution is -0.133. The Balaban J connectivity index is 1.18. The van der Waals surface area contributed by atoms with Crippen LogP contribution in [0.15, 0.2) is 84.0 Å². The third-order valence-corrected chi connectivity index (χ3v) is 8.25. The van der Waals surface area contributed by atoms with Gasteiger partial charge in [0.25, 0.3) is 5.91 Å². The number of rotatable bonds is 8. The molecule has 3 aromatic carbocycles. The normalized spacial score (nSPS) is 15.3. The zero-order chi connectivity index (χ0) is 28.1. The fourth-order valence-corrected chi connectivity index (χ4v) is 6.04. The Morgan fingerprint density at radius 1 is 0.975 bits per heavy atom. The van der Waals surface area contributed by atoms with Gasteiger partial charge in [0.15, 0.2) is 11.0 Å². The minimum atomic E-state index is -0.0668. The summed E-state index contributed by atoms with van der Waals surface area (Å²) in [5, 5.41) is 10.4. The van der Waals surface area contributed by atoms with Gasteiger partial charge in [-0.15, -0.1) is 10.2 Å². The van der Waals surface area contributed by atoms with E-state index in [2.05, 4.69) is 39.9 Å². The quantitative estimate of drug-likeness (QED) is 0.187. The summed E-state index contributed by atoms with van der Waals surface area (Å²) in [6.45, 7) is 5.63. The van der Waals surface area contributed by atoms with Crippen molar-refractivity contribution in [3.05, 3.63) is 95.0 Å². The highest BCUT2D eigenvalue weighted by Crippen LogP contribution is 2.29. The molecule has 40 heavy (non-hydrogen) atoms. The van der Waals surface area contributed by atoms with Crippen LogP contribution in [0.2, 0.25) is 5.02 Å². The van der Waals surface area contributed by atoms with E-state index in [-0.39, 0.29) is 17.9 Å². The van der Waals surface area contributed by atoms with E-state index in [4.69, 9.17) is 11.6 Å². The second-order valence-electron chi connectivity index (χ2n) is 10.00. The highest BCUT2D eigenvalue weighted by Gasteiger charge is 2.30. The Morgan fingerprint density at radius 3 is 2.52 bits per heavy atom. The fourth-order valence-electron chi connectivity index (χ4n) is 4.96. The molecule has 0 spiro atoms. The van der Waals surface area contributed by atoms with Crippen LogP contribution < -0.4 is 0 Å². The smallest absolute Gasteiger partial charge is 0.254 e. The largest absolute Gasteiger partial charge is 0.339 e. The van der Waals surface area contributed by atoms with Crippen LogP contribution in [0.1, 0.15) is 35.7 Å². The predicted molar refractivity (Wildman–Crippen MR) is 160 cm³/mol. The Hall–Kier alpha value is -3.62. The zero-order valence-electron chi connectivity index (χ0n) is 22.7. The Labute approximate surface area is 244 Å². The zero-order valence-corrected chi connectivity index (χ0v) is 24.2. The SMILES string of the molecule is Cc1cccc(-n2c(SCCCC(=O)N3CCN(C(=O)c4cccc(Cl)c4)C(C)C3)nnc2-c2ccccc2)c1. The second kappa shape index (κ2) is 12.7. The molecule has 0 aliphatic carbocycles. The summed E-state index contributed by atoms with van der Waals surface area (Å²) in [5.74, 6) is 1.61. The first-order valence-electron chi connectivity index (χ1n) is 13.5. The van der Waals surface area contributed by atoms with Crippen molar-refractivity contribution in [1.29, 1.82) is 0 Å². The van der Waals surface area contributed by atoms with E-state index in [1.807, 2.05) is 53.1 Å². The van der Waals surface area contributed by atoms with Crippen molar-refractivity contribution in [2.75, 3.05) is 25.4 Å². The molecule has 1 aromatic heterocycles. The maximum atomic E-state index is 13.0. The molecule has 0 bridgehead atoms. The summed E-state index contributed by atoms with van der Waals surface area (Å²) in [7, 11) is 0. The van der Waals surface area contributed by atoms with Crippen molar-refractivity contribution >= 4 is 35.2 Å². The molecule has 1 saturated heterocycles. The van der Waals surface area contributed by atoms with Crippen molar-refractivity contribution < 1.29 is 9.59 Å². The molecule has 7 nitrogen and oxygen atoms in total. The number of hydrogen-bond acceptors (Lipinski definition) is 5. The van der Waals surface area contributed by atoms with Gasteiger partial charge in [-0.25, -0.2) is 0 Å². The van der Waals surface area contributed by atoms with E-state index in [0.717, 1.165) is 40.0 Å². The van der Waals surface area contributed by atoms with Crippen LogP contribution in [-0.4, -0.2) is 67.8 Å². The predicted octanol–water partition coefficient (Wildman–Crippen LogP) is 6.14. The molecule has 9 heteroatoms. The number of aryl methyl sites for hydroxylation is 1. The van der Waals surface area contributed by atoms with E-state index in [1.54, 1.807) is 36.0 Å². The van der Waals surface area contributed by atoms with E-state index >= 15 is 0 Å². The fraction of sp³-hybridized carbons (Fsp3) is 0.290. The van der Waals surface area contributed by atoms with Crippen molar-refractivity contribution in [3.63, 3.8) is 0 Å². The van der Waals surface area contributed by atoms with Gasteiger partial charge in [-0.2, -0.15) is 0 Å². The molecule has 4 aromatic rings. The average molecular weight is 574 g/mol. The molecule has 0 radical (unpaired) electrons. The second-order valence-corrected chi connectivity index (χ2v) is 11.5. The van der Waals surface area contributed by atoms with E-state index < -0.39 is 0 Å². The van der Waals surface area contributed by atoms with Crippen molar-refractivity contribution in [3.8, 4) is 17.1 Å². The minimum absolute atomic E-state index is 0.0499. The number of hydrogen-bond donors (Lipinski definition) is 0. The summed E-state index contributed by atoms with van der Waals surface area (Å²) in [6, 6.07) is 25.3. The van der Waals surface area contributed by atoms with Gasteiger partial charge in [-0.05, 0) is 56.2 Å². The number of thioether (sulfide) groups is 1. The first-order chi connectivity index (χ1) is 19.4. The number of carbonyl (C=O) groups excluding carboxylic acids is 2. The maximum absolute atomic E-state index is 13.0. The molecular formula is C31H32ClN5O2S. The molecule has 5 rings (SSSR count). The Bertz CT molecular complexity index is 1490. The van der Waals surface area contributed by atoms with Gasteiger partial charge in [-0.1, -0.05) is 71.9 Å². The summed E-state index contributed by atoms with van der Waals surface area (Å²) >= 11 is 7.68. The summed E-state index contributed by atoms with van der Waals surface area (Å²) in [4.78, 5) is 29.7. The highest BCUT2D eigenvalue weighted by atomic mass is 35.5. The highest BCUT2D eigenvalue weighted by molar-refractivity contribution is 7.99. The van der Waals surface area contributed by atoms with Gasteiger partial charge < -0.3 is 9.80 Å². The molecule has 2 heterocycles. The van der Waals surface area contributed by atoms with Crippen LogP contribution in [0.3, 0.4) is 0 Å². The summed E-state index contributed by atoms with van der Waals surface area (Å²) in [6.07, 6.45) is 1.17. The number of piperazine rings is 1. The van der Waals surface area contributed by atoms with Crippen molar-refractivity contribution in [2.24, 2.45) is 0 Å². The van der Waals surface area contributed by atoms with Gasteiger partial charge in [0.05, 0.1) is 0 Å². The lowest BCUT2D eigenvalue weighted by atomic mass is 10.1. The van der Waals surface area contributed by atoms with Gasteiger partial charge in [-0.3, -0.25) is 14.2 Å². The molecule has 1 aliphatic heterocycles. The molecule has 0 saturated carbocycles. The number of carbonyl (C=O) groups is 2. The van der Waals surface area contributed by atoms with E-state index in [1.165, 1.54) is 0 Å². The molecule has 2 amide bonds. The standard InChI is InChI=1S/C31H32ClN5O2S/c1-22-9-6-14-27(19-22)37-29(24-10-4-3-5-11-24)33-34-31(37)40-18-8-15-28(38)35-16-17-36(23(2)21-35)30(39)25-12-7-13-26(32)20-25/h3-7,9-14,19-20,23H,8,15-18,21H2,1-2H3. The molecule has 1 aliphatic rings. The topological polar surface area (TPSA) is 71.3 Å². The van der Waals surface area contributed by atoms with Gasteiger partial charge in [0.1, 0.15) is 0 Å². The van der Waals surface area contributed by atoms with Crippen LogP contribution in [-0.2, 0) is 4.79 Å². The van der Waals surface area contributed by atoms with Gasteiger partial charge in [0, 0.05) is 59.7 Å². The average Bonchev–Trinajstić information content (AvgIpc) is 3.39. The lowest BCUT2D eigenvalue weighted by Gasteiger charge is -2.40. The van der Waals surface area contributed by atoms with E-state index in [9.17, 15) is 9.59 Å². The van der Waals surface area contributed by atoms with Gasteiger partial charge in [0.2, 0.25) is 5.91 Å². The van der Waals surface area contributed by atoms with Crippen molar-refractivity contribution in [2.45, 2.75) is 37.9 Å². The third-order valence-electron chi connectivity index (χ3n) is 7.00. The third kappa shape index (κ3) is 6.40. The minimum Gasteiger partial charge on any atom is -0.339 e. The lowest BCUT2D eigenvalue weighted by Crippen LogP contribution is -2.55. The van der Waals surface area contributed by atoms with Crippen molar-refractivity contribution in [1.82, 2.24) is 24.6 Å². The molecular weight excluding hydrogens is 542 g/mol.